The molecule has 0 aliphatic carbocycles. The van der Waals surface area contributed by atoms with Crippen LogP contribution in [0.4, 0.5) is 0 Å². The van der Waals surface area contributed by atoms with Gasteiger partial charge in [-0.2, -0.15) is 0 Å². The molecule has 1 aliphatic rings. The Hall–Kier alpha value is -0.650. The predicted octanol–water partition coefficient (Wildman–Crippen LogP) is -1.01. The van der Waals surface area contributed by atoms with E-state index in [1.54, 1.807) is 0 Å². The number of nitrogens with one attached hydrogen (secondary N) is 1. The fraction of sp³-hybridized carbons (Fsp3) is 0.875. The highest BCUT2D eigenvalue weighted by Crippen LogP contribution is 2.00. The highest BCUT2D eigenvalue weighted by atomic mass is 16.5. The average molecular weight is 188 g/mol. The minimum absolute atomic E-state index is 0.00355. The highest BCUT2D eigenvalue weighted by Gasteiger charge is 2.16. The van der Waals surface area contributed by atoms with Gasteiger partial charge in [-0.05, 0) is 7.05 Å². The number of carboxylic acids is 1. The molecule has 76 valence electrons. The minimum Gasteiger partial charge on any atom is -0.480 e. The van der Waals surface area contributed by atoms with Crippen molar-refractivity contribution >= 4 is 5.97 Å². The van der Waals surface area contributed by atoms with Crippen molar-refractivity contribution < 1.29 is 14.6 Å². The number of nitrogens with zero attached hydrogens (tertiary/aromatic N) is 1. The Morgan fingerprint density at radius 1 is 1.77 bits per heavy atom. The van der Waals surface area contributed by atoms with Crippen LogP contribution in [0.3, 0.4) is 0 Å². The first kappa shape index (κ1) is 10.4. The zero-order valence-corrected chi connectivity index (χ0v) is 7.82. The van der Waals surface area contributed by atoms with E-state index in [2.05, 4.69) is 10.2 Å². The van der Waals surface area contributed by atoms with Crippen LogP contribution in [0.1, 0.15) is 0 Å². The van der Waals surface area contributed by atoms with E-state index in [0.29, 0.717) is 6.54 Å². The van der Waals surface area contributed by atoms with Crippen LogP contribution in [0.2, 0.25) is 0 Å². The largest absolute Gasteiger partial charge is 0.480 e. The first-order valence-electron chi connectivity index (χ1n) is 4.41. The third-order valence-corrected chi connectivity index (χ3v) is 1.99. The zero-order chi connectivity index (χ0) is 9.68. The lowest BCUT2D eigenvalue weighted by molar-refractivity contribution is -0.136. The number of hydrogen-bond acceptors (Lipinski definition) is 4. The van der Waals surface area contributed by atoms with Crippen LogP contribution in [0.25, 0.3) is 0 Å². The molecule has 0 bridgehead atoms. The molecule has 1 unspecified atom stereocenters. The normalized spacial score (nSPS) is 24.5. The molecule has 1 aliphatic heterocycles. The Kier molecular flexibility index (Phi) is 4.14. The molecule has 0 saturated carbocycles. The smallest absolute Gasteiger partial charge is 0.317 e. The van der Waals surface area contributed by atoms with Gasteiger partial charge in [0, 0.05) is 19.6 Å². The van der Waals surface area contributed by atoms with Crippen molar-refractivity contribution in [3.8, 4) is 0 Å². The topological polar surface area (TPSA) is 61.8 Å². The lowest BCUT2D eigenvalue weighted by atomic mass is 10.3. The van der Waals surface area contributed by atoms with Gasteiger partial charge in [0.05, 0.1) is 19.3 Å². The lowest BCUT2D eigenvalue weighted by Crippen LogP contribution is -2.45. The van der Waals surface area contributed by atoms with E-state index in [0.717, 1.165) is 19.7 Å². The van der Waals surface area contributed by atoms with Crippen LogP contribution in [0.15, 0.2) is 0 Å². The molecule has 1 saturated heterocycles. The molecule has 0 spiro atoms. The van der Waals surface area contributed by atoms with E-state index >= 15 is 0 Å². The number of morpholine rings is 1. The second kappa shape index (κ2) is 5.16. The summed E-state index contributed by atoms with van der Waals surface area (Å²) in [5.74, 6) is -0.829. The molecule has 1 rings (SSSR count). The molecule has 0 aromatic heterocycles. The first-order valence-corrected chi connectivity index (χ1v) is 4.41. The SMILES string of the molecule is CN1CCOC(CNCC(=O)O)C1. The van der Waals surface area contributed by atoms with E-state index in [1.165, 1.54) is 0 Å². The number of ether oxygens (including phenoxy) is 1. The van der Waals surface area contributed by atoms with Gasteiger partial charge in [-0.15, -0.1) is 0 Å². The fourth-order valence-electron chi connectivity index (χ4n) is 1.33. The maximum absolute atomic E-state index is 10.2. The van der Waals surface area contributed by atoms with Crippen molar-refractivity contribution in [3.05, 3.63) is 0 Å². The fourth-order valence-corrected chi connectivity index (χ4v) is 1.33. The van der Waals surface area contributed by atoms with Crippen molar-refractivity contribution in [1.29, 1.82) is 0 Å². The molecule has 0 radical (unpaired) electrons. The number of carboxylic acid groups (broad SMARTS) is 1. The van der Waals surface area contributed by atoms with Gasteiger partial charge in [0.25, 0.3) is 0 Å². The van der Waals surface area contributed by atoms with E-state index in [1.807, 2.05) is 7.05 Å². The molecular formula is C8H16N2O3. The molecule has 13 heavy (non-hydrogen) atoms. The molecule has 1 fully saturated rings. The molecule has 0 aromatic rings. The number of rotatable bonds is 4. The summed E-state index contributed by atoms with van der Waals surface area (Å²) in [5.41, 5.74) is 0. The third-order valence-electron chi connectivity index (χ3n) is 1.99. The maximum Gasteiger partial charge on any atom is 0.317 e. The first-order chi connectivity index (χ1) is 6.18. The van der Waals surface area contributed by atoms with Gasteiger partial charge in [0.2, 0.25) is 0 Å². The van der Waals surface area contributed by atoms with Gasteiger partial charge < -0.3 is 20.1 Å². The summed E-state index contributed by atoms with van der Waals surface area (Å²) in [6.07, 6.45) is 0.123. The summed E-state index contributed by atoms with van der Waals surface area (Å²) in [6, 6.07) is 0. The predicted molar refractivity (Wildman–Crippen MR) is 47.7 cm³/mol. The van der Waals surface area contributed by atoms with Crippen LogP contribution >= 0.6 is 0 Å². The highest BCUT2D eigenvalue weighted by molar-refractivity contribution is 5.68. The molecule has 1 atom stereocenters. The molecular weight excluding hydrogens is 172 g/mol. The molecule has 5 nitrogen and oxygen atoms in total. The van der Waals surface area contributed by atoms with Crippen molar-refractivity contribution in [2.24, 2.45) is 0 Å². The van der Waals surface area contributed by atoms with Gasteiger partial charge >= 0.3 is 5.97 Å². The summed E-state index contributed by atoms with van der Waals surface area (Å²) in [7, 11) is 2.03. The number of likely N-dealkylation sites (N-methyl/N-ethyl adjacent to an activating group) is 1. The summed E-state index contributed by atoms with van der Waals surface area (Å²) in [5, 5.41) is 11.2. The standard InChI is InChI=1S/C8H16N2O3/c1-10-2-3-13-7(6-10)4-9-5-8(11)12/h7,9H,2-6H2,1H3,(H,11,12). The minimum atomic E-state index is -0.829. The van der Waals surface area contributed by atoms with Crippen LogP contribution in [0.5, 0.6) is 0 Å². The van der Waals surface area contributed by atoms with Gasteiger partial charge in [0.1, 0.15) is 0 Å². The Balaban J connectivity index is 2.10. The van der Waals surface area contributed by atoms with Crippen LogP contribution in [0, 0.1) is 0 Å². The van der Waals surface area contributed by atoms with Gasteiger partial charge in [-0.3, -0.25) is 4.79 Å². The molecule has 1 heterocycles. The quantitative estimate of drug-likeness (QED) is 0.592. The Morgan fingerprint density at radius 3 is 3.15 bits per heavy atom. The lowest BCUT2D eigenvalue weighted by Gasteiger charge is -2.29. The monoisotopic (exact) mass is 188 g/mol. The molecule has 0 aromatic carbocycles. The van der Waals surface area contributed by atoms with Crippen molar-refractivity contribution in [3.63, 3.8) is 0 Å². The van der Waals surface area contributed by atoms with Crippen LogP contribution in [-0.2, 0) is 9.53 Å². The Labute approximate surface area is 77.7 Å². The number of hydrogen-bond donors (Lipinski definition) is 2. The third kappa shape index (κ3) is 4.21. The second-order valence-electron chi connectivity index (χ2n) is 3.28. The zero-order valence-electron chi connectivity index (χ0n) is 7.82. The van der Waals surface area contributed by atoms with Crippen LogP contribution in [-0.4, -0.2) is 61.9 Å². The Bertz CT molecular complexity index is 175. The summed E-state index contributed by atoms with van der Waals surface area (Å²) < 4.78 is 5.43. The second-order valence-corrected chi connectivity index (χ2v) is 3.28. The van der Waals surface area contributed by atoms with Gasteiger partial charge in [-0.25, -0.2) is 0 Å². The summed E-state index contributed by atoms with van der Waals surface area (Å²) in [4.78, 5) is 12.4. The van der Waals surface area contributed by atoms with Crippen LogP contribution < -0.4 is 5.32 Å². The average Bonchev–Trinajstić information content (AvgIpc) is 2.03. The van der Waals surface area contributed by atoms with E-state index in [4.69, 9.17) is 9.84 Å². The van der Waals surface area contributed by atoms with E-state index < -0.39 is 5.97 Å². The van der Waals surface area contributed by atoms with Crippen molar-refractivity contribution in [2.75, 3.05) is 39.8 Å². The van der Waals surface area contributed by atoms with E-state index in [9.17, 15) is 4.79 Å². The summed E-state index contributed by atoms with van der Waals surface area (Å²) >= 11 is 0. The maximum atomic E-state index is 10.2. The Morgan fingerprint density at radius 2 is 2.54 bits per heavy atom. The van der Waals surface area contributed by atoms with Crippen molar-refractivity contribution in [1.82, 2.24) is 10.2 Å². The van der Waals surface area contributed by atoms with Gasteiger partial charge in [-0.1, -0.05) is 0 Å². The van der Waals surface area contributed by atoms with Crippen molar-refractivity contribution in [2.45, 2.75) is 6.10 Å². The van der Waals surface area contributed by atoms with E-state index in [-0.39, 0.29) is 12.6 Å². The summed E-state index contributed by atoms with van der Waals surface area (Å²) in [6.45, 7) is 3.16. The number of aliphatic carboxylic acids is 1. The molecule has 5 heteroatoms. The number of carbonyl (C=O) groups is 1. The molecule has 0 amide bonds. The molecule has 2 N–H and O–H groups in total. The van der Waals surface area contributed by atoms with Gasteiger partial charge in [0.15, 0.2) is 0 Å².